The van der Waals surface area contributed by atoms with Crippen LogP contribution in [0.3, 0.4) is 0 Å². The fourth-order valence-corrected chi connectivity index (χ4v) is 2.48. The van der Waals surface area contributed by atoms with Crippen molar-refractivity contribution >= 4 is 31.9 Å². The molecule has 0 spiro atoms. The number of methoxy groups -OCH3 is 1. The van der Waals surface area contributed by atoms with Gasteiger partial charge in [0, 0.05) is 6.04 Å². The minimum atomic E-state index is -0.0917. The first-order chi connectivity index (χ1) is 9.51. The summed E-state index contributed by atoms with van der Waals surface area (Å²) in [5, 5.41) is 0. The minimum absolute atomic E-state index is 0.0917. The molecule has 106 valence electrons. The zero-order chi connectivity index (χ0) is 14.7. The lowest BCUT2D eigenvalue weighted by Gasteiger charge is -2.11. The molecule has 0 saturated carbocycles. The minimum Gasteiger partial charge on any atom is -0.496 e. The largest absolute Gasteiger partial charge is 0.496 e. The molecule has 0 amide bonds. The maximum atomic E-state index is 5.79. The average molecular weight is 402 g/mol. The van der Waals surface area contributed by atoms with Gasteiger partial charge in [0.2, 0.25) is 0 Å². The number of halogens is 2. The van der Waals surface area contributed by atoms with Gasteiger partial charge in [-0.1, -0.05) is 0 Å². The van der Waals surface area contributed by atoms with Crippen molar-refractivity contribution < 1.29 is 9.47 Å². The number of rotatable bonds is 4. The average Bonchev–Trinajstić information content (AvgIpc) is 2.43. The van der Waals surface area contributed by atoms with E-state index in [1.165, 1.54) is 0 Å². The van der Waals surface area contributed by atoms with Gasteiger partial charge in [0.25, 0.3) is 0 Å². The molecule has 1 heterocycles. The molecule has 0 aliphatic rings. The molecule has 0 aliphatic heterocycles. The van der Waals surface area contributed by atoms with Crippen LogP contribution in [0.15, 0.2) is 39.4 Å². The third kappa shape index (κ3) is 3.50. The van der Waals surface area contributed by atoms with Crippen LogP contribution in [-0.4, -0.2) is 12.1 Å². The van der Waals surface area contributed by atoms with Crippen LogP contribution < -0.4 is 15.2 Å². The monoisotopic (exact) mass is 400 g/mol. The highest BCUT2D eigenvalue weighted by Gasteiger charge is 2.10. The van der Waals surface area contributed by atoms with Crippen molar-refractivity contribution in [1.29, 1.82) is 0 Å². The Balaban J connectivity index is 2.23. The van der Waals surface area contributed by atoms with E-state index in [1.54, 1.807) is 13.3 Å². The van der Waals surface area contributed by atoms with Crippen molar-refractivity contribution in [2.24, 2.45) is 5.73 Å². The number of pyridine rings is 1. The molecule has 1 aromatic carbocycles. The Morgan fingerprint density at radius 2 is 1.80 bits per heavy atom. The van der Waals surface area contributed by atoms with Gasteiger partial charge in [0.15, 0.2) is 0 Å². The van der Waals surface area contributed by atoms with Gasteiger partial charge in [-0.25, -0.2) is 0 Å². The SMILES string of the molecule is COc1cc(Br)c(Oc2ccc([C@@H](C)N)nc2)cc1Br. The molecule has 0 unspecified atom stereocenters. The van der Waals surface area contributed by atoms with Crippen LogP contribution in [0.5, 0.6) is 17.2 Å². The van der Waals surface area contributed by atoms with Crippen LogP contribution in [0, 0.1) is 0 Å². The van der Waals surface area contributed by atoms with Gasteiger partial charge in [0.05, 0.1) is 27.9 Å². The van der Waals surface area contributed by atoms with Crippen molar-refractivity contribution in [3.63, 3.8) is 0 Å². The van der Waals surface area contributed by atoms with Gasteiger partial charge in [-0.2, -0.15) is 0 Å². The fraction of sp³-hybridized carbons (Fsp3) is 0.214. The second kappa shape index (κ2) is 6.56. The molecule has 0 radical (unpaired) electrons. The molecule has 2 N–H and O–H groups in total. The van der Waals surface area contributed by atoms with Crippen molar-refractivity contribution in [2.75, 3.05) is 7.11 Å². The Hall–Kier alpha value is -1.11. The van der Waals surface area contributed by atoms with Crippen LogP contribution in [-0.2, 0) is 0 Å². The molecule has 6 heteroatoms. The molecular formula is C14H14Br2N2O2. The van der Waals surface area contributed by atoms with Crippen molar-refractivity contribution in [1.82, 2.24) is 4.98 Å². The Bertz CT molecular complexity index is 601. The van der Waals surface area contributed by atoms with E-state index in [2.05, 4.69) is 36.8 Å². The van der Waals surface area contributed by atoms with Crippen LogP contribution in [0.2, 0.25) is 0 Å². The van der Waals surface area contributed by atoms with E-state index in [9.17, 15) is 0 Å². The summed E-state index contributed by atoms with van der Waals surface area (Å²) in [4.78, 5) is 4.26. The zero-order valence-electron chi connectivity index (χ0n) is 11.1. The molecule has 0 bridgehead atoms. The predicted molar refractivity (Wildman–Crippen MR) is 85.3 cm³/mol. The normalized spacial score (nSPS) is 12.1. The van der Waals surface area contributed by atoms with Crippen molar-refractivity contribution in [2.45, 2.75) is 13.0 Å². The predicted octanol–water partition coefficient (Wildman–Crippen LogP) is 4.43. The van der Waals surface area contributed by atoms with E-state index in [4.69, 9.17) is 15.2 Å². The smallest absolute Gasteiger partial charge is 0.145 e. The standard InChI is InChI=1S/C14H14Br2N2O2/c1-8(17)12-4-3-9(7-18-12)20-14-6-10(15)13(19-2)5-11(14)16/h3-8H,17H2,1-2H3/t8-/m1/s1. The van der Waals surface area contributed by atoms with Crippen molar-refractivity contribution in [3.8, 4) is 17.2 Å². The Labute approximate surface area is 134 Å². The van der Waals surface area contributed by atoms with Gasteiger partial charge in [-0.3, -0.25) is 4.98 Å². The molecule has 0 aliphatic carbocycles. The number of hydrogen-bond acceptors (Lipinski definition) is 4. The highest BCUT2D eigenvalue weighted by Crippen LogP contribution is 2.38. The first kappa shape index (κ1) is 15.3. The molecule has 1 aromatic heterocycles. The molecule has 20 heavy (non-hydrogen) atoms. The summed E-state index contributed by atoms with van der Waals surface area (Å²) in [6, 6.07) is 7.28. The highest BCUT2D eigenvalue weighted by molar-refractivity contribution is 9.11. The van der Waals surface area contributed by atoms with Gasteiger partial charge < -0.3 is 15.2 Å². The molecule has 1 atom stereocenters. The van der Waals surface area contributed by atoms with Crippen LogP contribution in [0.25, 0.3) is 0 Å². The highest BCUT2D eigenvalue weighted by atomic mass is 79.9. The lowest BCUT2D eigenvalue weighted by molar-refractivity contribution is 0.409. The van der Waals surface area contributed by atoms with E-state index < -0.39 is 0 Å². The number of hydrogen-bond donors (Lipinski definition) is 1. The number of benzene rings is 1. The van der Waals surface area contributed by atoms with E-state index in [-0.39, 0.29) is 6.04 Å². The first-order valence-corrected chi connectivity index (χ1v) is 7.52. The summed E-state index contributed by atoms with van der Waals surface area (Å²) in [5.74, 6) is 2.05. The number of nitrogens with zero attached hydrogens (tertiary/aromatic N) is 1. The van der Waals surface area contributed by atoms with E-state index in [0.29, 0.717) is 11.5 Å². The Morgan fingerprint density at radius 1 is 1.15 bits per heavy atom. The summed E-state index contributed by atoms with van der Waals surface area (Å²) < 4.78 is 12.6. The first-order valence-electron chi connectivity index (χ1n) is 5.93. The summed E-state index contributed by atoms with van der Waals surface area (Å²) in [6.07, 6.45) is 1.66. The molecule has 0 saturated heterocycles. The number of ether oxygens (including phenoxy) is 2. The van der Waals surface area contributed by atoms with Crippen molar-refractivity contribution in [3.05, 3.63) is 45.1 Å². The fourth-order valence-electron chi connectivity index (χ4n) is 1.59. The van der Waals surface area contributed by atoms with Gasteiger partial charge in [-0.05, 0) is 63.0 Å². The molecule has 0 fully saturated rings. The third-order valence-electron chi connectivity index (χ3n) is 2.66. The van der Waals surface area contributed by atoms with Gasteiger partial charge in [0.1, 0.15) is 17.2 Å². The van der Waals surface area contributed by atoms with E-state index >= 15 is 0 Å². The van der Waals surface area contributed by atoms with E-state index in [0.717, 1.165) is 20.4 Å². The topological polar surface area (TPSA) is 57.4 Å². The van der Waals surface area contributed by atoms with E-state index in [1.807, 2.05) is 31.2 Å². The van der Waals surface area contributed by atoms with Gasteiger partial charge >= 0.3 is 0 Å². The molecule has 4 nitrogen and oxygen atoms in total. The lowest BCUT2D eigenvalue weighted by Crippen LogP contribution is -2.06. The second-order valence-corrected chi connectivity index (χ2v) is 5.94. The second-order valence-electron chi connectivity index (χ2n) is 4.23. The lowest BCUT2D eigenvalue weighted by atomic mass is 10.2. The third-order valence-corrected chi connectivity index (χ3v) is 3.90. The summed E-state index contributed by atoms with van der Waals surface area (Å²) in [5.41, 5.74) is 6.59. The maximum Gasteiger partial charge on any atom is 0.145 e. The summed E-state index contributed by atoms with van der Waals surface area (Å²) in [6.45, 7) is 1.89. The maximum absolute atomic E-state index is 5.79. The number of aromatic nitrogens is 1. The molecular weight excluding hydrogens is 388 g/mol. The zero-order valence-corrected chi connectivity index (χ0v) is 14.2. The summed E-state index contributed by atoms with van der Waals surface area (Å²) >= 11 is 6.88. The molecule has 2 rings (SSSR count). The summed E-state index contributed by atoms with van der Waals surface area (Å²) in [7, 11) is 1.61. The quantitative estimate of drug-likeness (QED) is 0.823. The van der Waals surface area contributed by atoms with Gasteiger partial charge in [-0.15, -0.1) is 0 Å². The Morgan fingerprint density at radius 3 is 2.35 bits per heavy atom. The molecule has 2 aromatic rings. The van der Waals surface area contributed by atoms with Crippen LogP contribution >= 0.6 is 31.9 Å². The van der Waals surface area contributed by atoms with Crippen LogP contribution in [0.1, 0.15) is 18.7 Å². The number of nitrogens with two attached hydrogens (primary N) is 1. The van der Waals surface area contributed by atoms with Crippen LogP contribution in [0.4, 0.5) is 0 Å². The Kier molecular flexibility index (Phi) is 5.01.